The van der Waals surface area contributed by atoms with E-state index in [-0.39, 0.29) is 23.5 Å². The van der Waals surface area contributed by atoms with Crippen molar-refractivity contribution in [1.29, 1.82) is 0 Å². The first-order valence-corrected chi connectivity index (χ1v) is 11.1. The van der Waals surface area contributed by atoms with Crippen LogP contribution in [-0.4, -0.2) is 39.3 Å². The van der Waals surface area contributed by atoms with Crippen molar-refractivity contribution in [2.45, 2.75) is 52.3 Å². The Bertz CT molecular complexity index is 1180. The van der Waals surface area contributed by atoms with Crippen LogP contribution in [0.25, 0.3) is 11.3 Å². The van der Waals surface area contributed by atoms with Crippen LogP contribution in [0.4, 0.5) is 0 Å². The molecule has 1 aliphatic carbocycles. The zero-order chi connectivity index (χ0) is 22.6. The van der Waals surface area contributed by atoms with Crippen LogP contribution < -0.4 is 4.74 Å². The molecule has 3 atom stereocenters. The fraction of sp³-hybridized carbons (Fsp3) is 0.385. The van der Waals surface area contributed by atoms with Crippen molar-refractivity contribution >= 4 is 5.91 Å². The van der Waals surface area contributed by atoms with Gasteiger partial charge in [-0.15, -0.1) is 0 Å². The van der Waals surface area contributed by atoms with Gasteiger partial charge in [-0.2, -0.15) is 5.10 Å². The molecule has 32 heavy (non-hydrogen) atoms. The van der Waals surface area contributed by atoms with Crippen LogP contribution >= 0.6 is 0 Å². The van der Waals surface area contributed by atoms with Crippen molar-refractivity contribution in [3.8, 4) is 17.0 Å². The molecule has 1 amide bonds. The molecule has 0 fully saturated rings. The van der Waals surface area contributed by atoms with Gasteiger partial charge in [-0.1, -0.05) is 25.1 Å². The number of amides is 1. The molecule has 0 saturated carbocycles. The highest BCUT2D eigenvalue weighted by atomic mass is 16.5. The molecule has 3 aromatic rings. The number of aliphatic hydroxyl groups excluding tert-OH is 1. The first-order valence-electron chi connectivity index (χ1n) is 11.1. The van der Waals surface area contributed by atoms with E-state index < -0.39 is 0 Å². The topological polar surface area (TPSA) is 78.4 Å². The monoisotopic (exact) mass is 431 g/mol. The van der Waals surface area contributed by atoms with Crippen LogP contribution in [0.15, 0.2) is 42.5 Å². The highest BCUT2D eigenvalue weighted by molar-refractivity contribution is 5.99. The Morgan fingerprint density at radius 2 is 1.91 bits per heavy atom. The summed E-state index contributed by atoms with van der Waals surface area (Å²) in [6, 6.07) is 13.9. The number of carbonyl (C=O) groups excluding carboxylic acids is 1. The molecular weight excluding hydrogens is 402 g/mol. The Morgan fingerprint density at radius 1 is 1.16 bits per heavy atom. The van der Waals surface area contributed by atoms with Crippen molar-refractivity contribution in [1.82, 2.24) is 15.1 Å². The number of aliphatic hydroxyl groups is 1. The second-order valence-corrected chi connectivity index (χ2v) is 9.47. The number of ether oxygens (including phenoxy) is 1. The van der Waals surface area contributed by atoms with Gasteiger partial charge in [0.25, 0.3) is 5.91 Å². The molecule has 0 spiro atoms. The van der Waals surface area contributed by atoms with E-state index in [0.29, 0.717) is 6.54 Å². The standard InChI is InChI=1S/C26H29N3O3/c1-15(17-5-8-20(32-4)9-6-17)29-14-19-11-18(7-10-21(19)25(29)31)24-22-12-26(3,16(2)30)13-23(22)27-28-24/h5-11,15-16,30H,12-14H2,1-4H3,(H,27,28)/t15-,16?,26?/m1/s1. The minimum absolute atomic E-state index is 0.0364. The number of rotatable bonds is 5. The average molecular weight is 432 g/mol. The number of hydrogen-bond acceptors (Lipinski definition) is 4. The third-order valence-electron chi connectivity index (χ3n) is 7.40. The van der Waals surface area contributed by atoms with Gasteiger partial charge in [-0.25, -0.2) is 0 Å². The molecule has 1 aliphatic heterocycles. The maximum Gasteiger partial charge on any atom is 0.255 e. The minimum atomic E-state index is -0.387. The fourth-order valence-electron chi connectivity index (χ4n) is 5.01. The number of carbonyl (C=O) groups is 1. The Balaban J connectivity index is 1.41. The summed E-state index contributed by atoms with van der Waals surface area (Å²) in [6.45, 7) is 6.62. The third-order valence-corrected chi connectivity index (χ3v) is 7.40. The van der Waals surface area contributed by atoms with Crippen LogP contribution in [0.1, 0.15) is 59.6 Å². The number of H-pyrrole nitrogens is 1. The van der Waals surface area contributed by atoms with Crippen LogP contribution in [0, 0.1) is 5.41 Å². The summed E-state index contributed by atoms with van der Waals surface area (Å²) < 4.78 is 5.25. The van der Waals surface area contributed by atoms with E-state index >= 15 is 0 Å². The van der Waals surface area contributed by atoms with Gasteiger partial charge >= 0.3 is 0 Å². The van der Waals surface area contributed by atoms with E-state index in [1.807, 2.05) is 48.2 Å². The van der Waals surface area contributed by atoms with Gasteiger partial charge in [0.15, 0.2) is 0 Å². The molecule has 166 valence electrons. The fourth-order valence-corrected chi connectivity index (χ4v) is 5.01. The van der Waals surface area contributed by atoms with Gasteiger partial charge in [0.2, 0.25) is 0 Å². The number of nitrogens with one attached hydrogen (secondary N) is 1. The predicted octanol–water partition coefficient (Wildman–Crippen LogP) is 4.29. The molecule has 2 heterocycles. The first-order chi connectivity index (χ1) is 15.3. The molecule has 6 nitrogen and oxygen atoms in total. The maximum atomic E-state index is 13.1. The van der Waals surface area contributed by atoms with Crippen molar-refractivity contribution < 1.29 is 14.6 Å². The summed E-state index contributed by atoms with van der Waals surface area (Å²) >= 11 is 0. The molecule has 0 radical (unpaired) electrons. The molecule has 2 unspecified atom stereocenters. The zero-order valence-corrected chi connectivity index (χ0v) is 19.0. The second-order valence-electron chi connectivity index (χ2n) is 9.47. The predicted molar refractivity (Wildman–Crippen MR) is 123 cm³/mol. The lowest BCUT2D eigenvalue weighted by atomic mass is 9.82. The van der Waals surface area contributed by atoms with Gasteiger partial charge < -0.3 is 14.7 Å². The summed E-state index contributed by atoms with van der Waals surface area (Å²) in [6.07, 6.45) is 1.20. The molecule has 2 aliphatic rings. The molecule has 2 aromatic carbocycles. The molecule has 0 saturated heterocycles. The number of nitrogens with zero attached hydrogens (tertiary/aromatic N) is 2. The summed E-state index contributed by atoms with van der Waals surface area (Å²) in [5, 5.41) is 18.0. The van der Waals surface area contributed by atoms with Crippen molar-refractivity contribution in [3.05, 3.63) is 70.4 Å². The van der Waals surface area contributed by atoms with Crippen LogP contribution in [-0.2, 0) is 19.4 Å². The molecule has 6 heteroatoms. The van der Waals surface area contributed by atoms with E-state index in [4.69, 9.17) is 4.74 Å². The van der Waals surface area contributed by atoms with E-state index in [2.05, 4.69) is 30.1 Å². The Labute approximate surface area is 188 Å². The van der Waals surface area contributed by atoms with E-state index in [1.165, 1.54) is 5.56 Å². The highest BCUT2D eigenvalue weighted by Gasteiger charge is 2.40. The zero-order valence-electron chi connectivity index (χ0n) is 19.0. The molecular formula is C26H29N3O3. The van der Waals surface area contributed by atoms with Gasteiger partial charge in [-0.05, 0) is 62.1 Å². The number of hydrogen-bond donors (Lipinski definition) is 2. The molecule has 1 aromatic heterocycles. The van der Waals surface area contributed by atoms with E-state index in [0.717, 1.165) is 52.2 Å². The van der Waals surface area contributed by atoms with Crippen LogP contribution in [0.2, 0.25) is 0 Å². The van der Waals surface area contributed by atoms with Crippen molar-refractivity contribution in [2.75, 3.05) is 7.11 Å². The SMILES string of the molecule is COc1ccc([C@@H](C)N2Cc3cc(-c4n[nH]c5c4CC(C)(C(C)O)C5)ccc3C2=O)cc1. The summed E-state index contributed by atoms with van der Waals surface area (Å²) in [5.41, 5.74) is 6.93. The smallest absolute Gasteiger partial charge is 0.255 e. The number of aromatic amines is 1. The first kappa shape index (κ1) is 20.8. The normalized spacial score (nSPS) is 21.4. The molecule has 0 bridgehead atoms. The quantitative estimate of drug-likeness (QED) is 0.632. The van der Waals surface area contributed by atoms with Crippen molar-refractivity contribution in [2.24, 2.45) is 5.41 Å². The number of aromatic nitrogens is 2. The summed E-state index contributed by atoms with van der Waals surface area (Å²) in [4.78, 5) is 15.0. The average Bonchev–Trinajstić information content (AvgIpc) is 3.44. The highest BCUT2D eigenvalue weighted by Crippen LogP contribution is 2.43. The van der Waals surface area contributed by atoms with E-state index in [9.17, 15) is 9.90 Å². The number of benzene rings is 2. The molecule has 2 N–H and O–H groups in total. The number of methoxy groups -OCH3 is 1. The summed E-state index contributed by atoms with van der Waals surface area (Å²) in [5.74, 6) is 0.864. The van der Waals surface area contributed by atoms with Gasteiger partial charge in [0.05, 0.1) is 24.9 Å². The second kappa shape index (κ2) is 7.48. The van der Waals surface area contributed by atoms with Gasteiger partial charge in [0.1, 0.15) is 5.75 Å². The van der Waals surface area contributed by atoms with Gasteiger partial charge in [-0.3, -0.25) is 9.89 Å². The minimum Gasteiger partial charge on any atom is -0.497 e. The largest absolute Gasteiger partial charge is 0.497 e. The summed E-state index contributed by atoms with van der Waals surface area (Å²) in [7, 11) is 1.65. The Morgan fingerprint density at radius 3 is 2.59 bits per heavy atom. The van der Waals surface area contributed by atoms with Gasteiger partial charge in [0, 0.05) is 34.3 Å². The van der Waals surface area contributed by atoms with Crippen molar-refractivity contribution in [3.63, 3.8) is 0 Å². The van der Waals surface area contributed by atoms with E-state index in [1.54, 1.807) is 7.11 Å². The lowest BCUT2D eigenvalue weighted by molar-refractivity contribution is 0.0596. The molecule has 5 rings (SSSR count). The lowest BCUT2D eigenvalue weighted by Gasteiger charge is -2.27. The Kier molecular flexibility index (Phi) is 4.86. The number of fused-ring (bicyclic) bond motifs is 2. The van der Waals surface area contributed by atoms with Crippen LogP contribution in [0.5, 0.6) is 5.75 Å². The third kappa shape index (κ3) is 3.21. The Hall–Kier alpha value is -3.12. The maximum absolute atomic E-state index is 13.1. The van der Waals surface area contributed by atoms with Crippen LogP contribution in [0.3, 0.4) is 0 Å². The lowest BCUT2D eigenvalue weighted by Crippen LogP contribution is -2.30.